The number of hydrogen-bond donors (Lipinski definition) is 1. The fraction of sp³-hybridized carbons (Fsp3) is 0.538. The van der Waals surface area contributed by atoms with Crippen LogP contribution in [0.25, 0.3) is 11.3 Å². The van der Waals surface area contributed by atoms with Gasteiger partial charge in [-0.25, -0.2) is 0 Å². The molecule has 3 aliphatic rings. The molecule has 2 unspecified atom stereocenters. The molecular formula is C26H28Cl2N4O5. The molecule has 11 heteroatoms. The minimum Gasteiger partial charge on any atom is -0.481 e. The Morgan fingerprint density at radius 2 is 1.76 bits per heavy atom. The van der Waals surface area contributed by atoms with E-state index < -0.39 is 5.97 Å². The molecule has 2 saturated carbocycles. The molecule has 2 aromatic heterocycles. The van der Waals surface area contributed by atoms with E-state index in [2.05, 4.69) is 20.2 Å². The van der Waals surface area contributed by atoms with Gasteiger partial charge in [0.25, 0.3) is 5.95 Å². The third-order valence-electron chi connectivity index (χ3n) is 7.72. The molecule has 1 saturated heterocycles. The lowest BCUT2D eigenvalue weighted by molar-refractivity contribution is -0.141. The van der Waals surface area contributed by atoms with Crippen LogP contribution < -0.4 is 4.90 Å². The molecule has 3 aromatic rings. The Labute approximate surface area is 224 Å². The fourth-order valence-corrected chi connectivity index (χ4v) is 6.00. The summed E-state index contributed by atoms with van der Waals surface area (Å²) in [4.78, 5) is 17.9. The number of anilines is 1. The lowest BCUT2D eigenvalue weighted by Crippen LogP contribution is -2.37. The third kappa shape index (κ3) is 5.09. The van der Waals surface area contributed by atoms with Gasteiger partial charge in [-0.05, 0) is 62.2 Å². The Bertz CT molecular complexity index is 1260. The predicted octanol–water partition coefficient (Wildman–Crippen LogP) is 6.06. The molecule has 2 atom stereocenters. The number of rotatable bonds is 8. The predicted molar refractivity (Wildman–Crippen MR) is 136 cm³/mol. The average Bonchev–Trinajstić information content (AvgIpc) is 3.27. The van der Waals surface area contributed by atoms with Crippen molar-refractivity contribution >= 4 is 35.1 Å². The maximum Gasteiger partial charge on any atom is 0.306 e. The van der Waals surface area contributed by atoms with E-state index >= 15 is 0 Å². The molecule has 196 valence electrons. The van der Waals surface area contributed by atoms with Crippen molar-refractivity contribution < 1.29 is 23.7 Å². The molecule has 0 bridgehead atoms. The minimum absolute atomic E-state index is 0.0215. The SMILES string of the molecule is O=C(O)C1CCC(c2nc(N3CCC(OCc4c(-c5c(Cl)cccc5Cl)noc4C4CC4)CC3)no2)C1. The van der Waals surface area contributed by atoms with Crippen LogP contribution in [0, 0.1) is 5.92 Å². The topological polar surface area (TPSA) is 115 Å². The van der Waals surface area contributed by atoms with Crippen LogP contribution in [0.5, 0.6) is 0 Å². The highest BCUT2D eigenvalue weighted by molar-refractivity contribution is 6.39. The van der Waals surface area contributed by atoms with Gasteiger partial charge in [-0.1, -0.05) is 34.4 Å². The molecule has 1 aromatic carbocycles. The van der Waals surface area contributed by atoms with Crippen molar-refractivity contribution in [3.05, 3.63) is 45.5 Å². The van der Waals surface area contributed by atoms with E-state index in [1.807, 2.05) is 6.07 Å². The van der Waals surface area contributed by atoms with Crippen LogP contribution in [0.3, 0.4) is 0 Å². The fourth-order valence-electron chi connectivity index (χ4n) is 5.42. The maximum absolute atomic E-state index is 11.3. The number of piperidine rings is 1. The van der Waals surface area contributed by atoms with Gasteiger partial charge in [-0.15, -0.1) is 0 Å². The zero-order chi connectivity index (χ0) is 25.5. The summed E-state index contributed by atoms with van der Waals surface area (Å²) in [5.74, 6) is 1.31. The highest BCUT2D eigenvalue weighted by Crippen LogP contribution is 2.46. The quantitative estimate of drug-likeness (QED) is 0.359. The molecule has 1 N–H and O–H groups in total. The van der Waals surface area contributed by atoms with Gasteiger partial charge < -0.3 is 23.8 Å². The number of carboxylic acid groups (broad SMARTS) is 1. The molecule has 9 nitrogen and oxygen atoms in total. The molecule has 3 heterocycles. The first kappa shape index (κ1) is 24.7. The Kier molecular flexibility index (Phi) is 6.86. The summed E-state index contributed by atoms with van der Waals surface area (Å²) >= 11 is 12.9. The van der Waals surface area contributed by atoms with E-state index in [9.17, 15) is 9.90 Å². The molecule has 2 aliphatic carbocycles. The summed E-state index contributed by atoms with van der Waals surface area (Å²) < 4.78 is 17.6. The first-order valence-electron chi connectivity index (χ1n) is 12.8. The molecule has 0 amide bonds. The van der Waals surface area contributed by atoms with Gasteiger partial charge in [-0.2, -0.15) is 4.98 Å². The summed E-state index contributed by atoms with van der Waals surface area (Å²) in [6.07, 6.45) is 5.86. The smallest absolute Gasteiger partial charge is 0.306 e. The van der Waals surface area contributed by atoms with Crippen LogP contribution in [-0.2, 0) is 16.1 Å². The number of hydrogen-bond acceptors (Lipinski definition) is 8. The number of nitrogens with zero attached hydrogens (tertiary/aromatic N) is 4. The third-order valence-corrected chi connectivity index (χ3v) is 8.35. The second kappa shape index (κ2) is 10.3. The van der Waals surface area contributed by atoms with E-state index in [0.29, 0.717) is 58.5 Å². The summed E-state index contributed by atoms with van der Waals surface area (Å²) in [5.41, 5.74) is 2.27. The van der Waals surface area contributed by atoms with Gasteiger partial charge in [0, 0.05) is 36.1 Å². The molecule has 6 rings (SSSR count). The maximum atomic E-state index is 11.3. The van der Waals surface area contributed by atoms with Crippen LogP contribution >= 0.6 is 23.2 Å². The lowest BCUT2D eigenvalue weighted by atomic mass is 10.0. The second-order valence-corrected chi connectivity index (χ2v) is 11.0. The molecule has 3 fully saturated rings. The Morgan fingerprint density at radius 1 is 1.03 bits per heavy atom. The van der Waals surface area contributed by atoms with E-state index in [4.69, 9.17) is 37.0 Å². The standard InChI is InChI=1S/C26H28Cl2N4O5/c27-19-2-1-3-20(28)21(19)22-18(23(36-30-22)14-4-5-14)13-35-17-8-10-32(11-9-17)26-29-24(37-31-26)15-6-7-16(12-15)25(33)34/h1-3,14-17H,4-13H2,(H,33,34). The van der Waals surface area contributed by atoms with Crippen molar-refractivity contribution in [2.24, 2.45) is 5.92 Å². The van der Waals surface area contributed by atoms with Gasteiger partial charge in [0.1, 0.15) is 11.5 Å². The number of carboxylic acids is 1. The Morgan fingerprint density at radius 3 is 2.43 bits per heavy atom. The van der Waals surface area contributed by atoms with Gasteiger partial charge in [0.15, 0.2) is 0 Å². The largest absolute Gasteiger partial charge is 0.481 e. The van der Waals surface area contributed by atoms with Crippen molar-refractivity contribution in [2.45, 2.75) is 69.5 Å². The average molecular weight is 547 g/mol. The van der Waals surface area contributed by atoms with Gasteiger partial charge in [0.2, 0.25) is 5.89 Å². The molecule has 0 radical (unpaired) electrons. The van der Waals surface area contributed by atoms with E-state index in [1.165, 1.54) is 0 Å². The van der Waals surface area contributed by atoms with Crippen molar-refractivity contribution in [2.75, 3.05) is 18.0 Å². The van der Waals surface area contributed by atoms with Gasteiger partial charge in [0.05, 0.1) is 28.7 Å². The Balaban J connectivity index is 1.08. The van der Waals surface area contributed by atoms with Crippen molar-refractivity contribution in [3.63, 3.8) is 0 Å². The minimum atomic E-state index is -0.748. The number of benzene rings is 1. The van der Waals surface area contributed by atoms with Crippen LogP contribution in [0.15, 0.2) is 27.2 Å². The molecule has 37 heavy (non-hydrogen) atoms. The first-order valence-corrected chi connectivity index (χ1v) is 13.6. The number of aliphatic carboxylic acids is 1. The van der Waals surface area contributed by atoms with Gasteiger partial charge in [-0.3, -0.25) is 4.79 Å². The van der Waals surface area contributed by atoms with Crippen molar-refractivity contribution in [1.29, 1.82) is 0 Å². The van der Waals surface area contributed by atoms with Crippen LogP contribution in [-0.4, -0.2) is 45.6 Å². The van der Waals surface area contributed by atoms with Crippen LogP contribution in [0.2, 0.25) is 10.0 Å². The number of carbonyl (C=O) groups is 1. The first-order chi connectivity index (χ1) is 18.0. The summed E-state index contributed by atoms with van der Waals surface area (Å²) in [6, 6.07) is 5.41. The summed E-state index contributed by atoms with van der Waals surface area (Å²) in [6.45, 7) is 1.87. The van der Waals surface area contributed by atoms with Crippen molar-refractivity contribution in [1.82, 2.24) is 15.3 Å². The van der Waals surface area contributed by atoms with Crippen LogP contribution in [0.1, 0.15) is 74.0 Å². The monoisotopic (exact) mass is 546 g/mol. The van der Waals surface area contributed by atoms with E-state index in [-0.39, 0.29) is 17.9 Å². The summed E-state index contributed by atoms with van der Waals surface area (Å²) in [5, 5.41) is 18.8. The molecule has 1 aliphatic heterocycles. The number of halogens is 2. The normalized spacial score (nSPS) is 22.6. The lowest BCUT2D eigenvalue weighted by Gasteiger charge is -2.30. The van der Waals surface area contributed by atoms with Crippen LogP contribution in [0.4, 0.5) is 5.95 Å². The number of ether oxygens (including phenoxy) is 1. The highest BCUT2D eigenvalue weighted by Gasteiger charge is 2.36. The van der Waals surface area contributed by atoms with Crippen molar-refractivity contribution in [3.8, 4) is 11.3 Å². The zero-order valence-electron chi connectivity index (χ0n) is 20.2. The molecule has 0 spiro atoms. The van der Waals surface area contributed by atoms with Gasteiger partial charge >= 0.3 is 5.97 Å². The zero-order valence-corrected chi connectivity index (χ0v) is 21.7. The molecular weight excluding hydrogens is 519 g/mol. The van der Waals surface area contributed by atoms with E-state index in [0.717, 1.165) is 56.5 Å². The number of aromatic nitrogens is 3. The summed E-state index contributed by atoms with van der Waals surface area (Å²) in [7, 11) is 0. The van der Waals surface area contributed by atoms with E-state index in [1.54, 1.807) is 12.1 Å². The Hall–Kier alpha value is -2.62. The highest BCUT2D eigenvalue weighted by atomic mass is 35.5. The second-order valence-electron chi connectivity index (χ2n) is 10.2.